The molecule has 110 valence electrons. The lowest BCUT2D eigenvalue weighted by Crippen LogP contribution is -2.49. The van der Waals surface area contributed by atoms with Gasteiger partial charge in [-0.1, -0.05) is 18.2 Å². The predicted molar refractivity (Wildman–Crippen MR) is 84.3 cm³/mol. The second-order valence-electron chi connectivity index (χ2n) is 6.17. The molecule has 0 N–H and O–H groups in total. The zero-order valence-electron chi connectivity index (χ0n) is 12.3. The fraction of sp³-hybridized carbons (Fsp3) is 0.278. The van der Waals surface area contributed by atoms with Crippen molar-refractivity contribution >= 4 is 17.3 Å². The summed E-state index contributed by atoms with van der Waals surface area (Å²) in [4.78, 5) is 17.0. The number of hydrogen-bond acceptors (Lipinski definition) is 3. The van der Waals surface area contributed by atoms with Crippen LogP contribution in [0.5, 0.6) is 5.75 Å². The van der Waals surface area contributed by atoms with Gasteiger partial charge >= 0.3 is 0 Å². The summed E-state index contributed by atoms with van der Waals surface area (Å²) in [6.07, 6.45) is 0.708. The van der Waals surface area contributed by atoms with E-state index in [1.165, 1.54) is 16.8 Å². The van der Waals surface area contributed by atoms with Crippen LogP contribution in [0.15, 0.2) is 42.5 Å². The van der Waals surface area contributed by atoms with Gasteiger partial charge in [0, 0.05) is 24.6 Å². The third-order valence-electron chi connectivity index (χ3n) is 5.14. The van der Waals surface area contributed by atoms with Crippen molar-refractivity contribution in [3.63, 3.8) is 0 Å². The maximum absolute atomic E-state index is 12.6. The number of benzene rings is 2. The van der Waals surface area contributed by atoms with E-state index in [-0.39, 0.29) is 18.0 Å². The van der Waals surface area contributed by atoms with Gasteiger partial charge < -0.3 is 9.64 Å². The van der Waals surface area contributed by atoms with Gasteiger partial charge in [0.2, 0.25) is 5.91 Å². The molecular formula is C18H16N2O2. The maximum Gasteiger partial charge on any atom is 0.229 e. The van der Waals surface area contributed by atoms with Crippen molar-refractivity contribution in [1.82, 2.24) is 0 Å². The molecule has 3 heterocycles. The van der Waals surface area contributed by atoms with E-state index in [9.17, 15) is 4.79 Å². The monoisotopic (exact) mass is 292 g/mol. The Morgan fingerprint density at radius 2 is 2.00 bits per heavy atom. The van der Waals surface area contributed by atoms with Crippen molar-refractivity contribution in [3.05, 3.63) is 53.6 Å². The second-order valence-corrected chi connectivity index (χ2v) is 6.17. The van der Waals surface area contributed by atoms with Gasteiger partial charge in [-0.05, 0) is 35.4 Å². The molecular weight excluding hydrogens is 276 g/mol. The minimum absolute atomic E-state index is 0.129. The standard InChI is InChI=1S/C18H16N2O2/c1-22-12-6-7-16-13(8-12)14-9-17(21)20-15-5-3-2-4-11(15)10-19(16)18(14)20/h2-8,14,18H,9-10H2,1H3/t14-,18-/m0/s1. The predicted octanol–water partition coefficient (Wildman–Crippen LogP) is 2.88. The number of hydrogen-bond donors (Lipinski definition) is 0. The normalized spacial score (nSPS) is 24.1. The largest absolute Gasteiger partial charge is 0.497 e. The Morgan fingerprint density at radius 3 is 2.86 bits per heavy atom. The van der Waals surface area contributed by atoms with Gasteiger partial charge in [-0.3, -0.25) is 9.69 Å². The lowest BCUT2D eigenvalue weighted by Gasteiger charge is -2.40. The molecule has 5 rings (SSSR count). The summed E-state index contributed by atoms with van der Waals surface area (Å²) in [5.41, 5.74) is 4.78. The van der Waals surface area contributed by atoms with E-state index in [1.807, 2.05) is 23.1 Å². The van der Waals surface area contributed by atoms with Gasteiger partial charge in [0.1, 0.15) is 11.9 Å². The molecule has 0 aliphatic carbocycles. The van der Waals surface area contributed by atoms with Gasteiger partial charge in [0.15, 0.2) is 0 Å². The zero-order chi connectivity index (χ0) is 14.8. The van der Waals surface area contributed by atoms with Crippen molar-refractivity contribution in [2.45, 2.75) is 25.0 Å². The highest BCUT2D eigenvalue weighted by atomic mass is 16.5. The fourth-order valence-corrected chi connectivity index (χ4v) is 4.23. The van der Waals surface area contributed by atoms with Crippen LogP contribution in [0.4, 0.5) is 11.4 Å². The Balaban J connectivity index is 1.72. The smallest absolute Gasteiger partial charge is 0.229 e. The van der Waals surface area contributed by atoms with Gasteiger partial charge in [0.25, 0.3) is 0 Å². The molecule has 4 heteroatoms. The molecule has 2 atom stereocenters. The molecule has 1 fully saturated rings. The molecule has 4 nitrogen and oxygen atoms in total. The highest BCUT2D eigenvalue weighted by Crippen LogP contribution is 2.53. The van der Waals surface area contributed by atoms with Crippen molar-refractivity contribution in [2.75, 3.05) is 16.9 Å². The molecule has 3 aliphatic heterocycles. The number of amides is 1. The minimum Gasteiger partial charge on any atom is -0.497 e. The summed E-state index contributed by atoms with van der Waals surface area (Å²) in [5.74, 6) is 1.33. The number of fused-ring (bicyclic) bond motifs is 5. The highest BCUT2D eigenvalue weighted by Gasteiger charge is 2.52. The number of nitrogens with zero attached hydrogens (tertiary/aromatic N) is 2. The first-order valence-electron chi connectivity index (χ1n) is 7.62. The molecule has 1 amide bonds. The summed E-state index contributed by atoms with van der Waals surface area (Å²) in [6, 6.07) is 14.5. The topological polar surface area (TPSA) is 32.8 Å². The Hall–Kier alpha value is -2.49. The van der Waals surface area contributed by atoms with Gasteiger partial charge in [-0.25, -0.2) is 0 Å². The number of carbonyl (C=O) groups is 1. The SMILES string of the molecule is COc1ccc2c(c1)[C@@H]1CC(=O)N3c4ccccc4CN2[C@H]13. The lowest BCUT2D eigenvalue weighted by molar-refractivity contribution is -0.117. The average molecular weight is 292 g/mol. The minimum atomic E-state index is 0.129. The number of carbonyl (C=O) groups excluding carboxylic acids is 1. The summed E-state index contributed by atoms with van der Waals surface area (Å²) in [7, 11) is 1.69. The van der Waals surface area contributed by atoms with E-state index >= 15 is 0 Å². The van der Waals surface area contributed by atoms with Crippen LogP contribution >= 0.6 is 0 Å². The molecule has 0 saturated carbocycles. The quantitative estimate of drug-likeness (QED) is 0.810. The molecule has 2 aromatic rings. The first-order chi connectivity index (χ1) is 10.8. The van der Waals surface area contributed by atoms with Crippen molar-refractivity contribution < 1.29 is 9.53 Å². The summed E-state index contributed by atoms with van der Waals surface area (Å²) in [6.45, 7) is 0.862. The molecule has 3 aliphatic rings. The Labute approximate surface area is 128 Å². The second kappa shape index (κ2) is 4.03. The Morgan fingerprint density at radius 1 is 1.14 bits per heavy atom. The number of ether oxygens (including phenoxy) is 1. The first kappa shape index (κ1) is 12.1. The average Bonchev–Trinajstić information content (AvgIpc) is 3.05. The summed E-state index contributed by atoms with van der Waals surface area (Å²) < 4.78 is 5.37. The molecule has 0 spiro atoms. The van der Waals surface area contributed by atoms with Crippen LogP contribution in [-0.2, 0) is 11.3 Å². The molecule has 0 aromatic heterocycles. The van der Waals surface area contributed by atoms with Gasteiger partial charge in [0.05, 0.1) is 12.8 Å². The molecule has 22 heavy (non-hydrogen) atoms. The van der Waals surface area contributed by atoms with Crippen LogP contribution < -0.4 is 14.5 Å². The van der Waals surface area contributed by atoms with E-state index in [1.54, 1.807) is 7.11 Å². The number of methoxy groups -OCH3 is 1. The van der Waals surface area contributed by atoms with Crippen molar-refractivity contribution in [2.24, 2.45) is 0 Å². The number of anilines is 2. The zero-order valence-corrected chi connectivity index (χ0v) is 12.3. The van der Waals surface area contributed by atoms with Crippen molar-refractivity contribution in [1.29, 1.82) is 0 Å². The summed E-state index contributed by atoms with van der Waals surface area (Å²) >= 11 is 0. The van der Waals surface area contributed by atoms with E-state index < -0.39 is 0 Å². The van der Waals surface area contributed by atoms with Crippen LogP contribution in [0.3, 0.4) is 0 Å². The third kappa shape index (κ3) is 1.35. The van der Waals surface area contributed by atoms with E-state index in [0.717, 1.165) is 18.0 Å². The van der Waals surface area contributed by atoms with Crippen LogP contribution in [0.25, 0.3) is 0 Å². The molecule has 2 aromatic carbocycles. The highest BCUT2D eigenvalue weighted by molar-refractivity contribution is 6.01. The fourth-order valence-electron chi connectivity index (χ4n) is 4.23. The maximum atomic E-state index is 12.6. The molecule has 0 radical (unpaired) electrons. The third-order valence-corrected chi connectivity index (χ3v) is 5.14. The Bertz CT molecular complexity index is 801. The molecule has 0 bridgehead atoms. The van der Waals surface area contributed by atoms with E-state index in [2.05, 4.69) is 29.2 Å². The number of rotatable bonds is 1. The number of para-hydroxylation sites is 1. The van der Waals surface area contributed by atoms with Crippen LogP contribution in [-0.4, -0.2) is 19.2 Å². The summed E-state index contributed by atoms with van der Waals surface area (Å²) in [5, 5.41) is 0. The van der Waals surface area contributed by atoms with Crippen LogP contribution in [0, 0.1) is 0 Å². The van der Waals surface area contributed by atoms with Crippen molar-refractivity contribution in [3.8, 4) is 5.75 Å². The molecule has 1 saturated heterocycles. The van der Waals surface area contributed by atoms with Gasteiger partial charge in [-0.2, -0.15) is 0 Å². The van der Waals surface area contributed by atoms with Crippen LogP contribution in [0.1, 0.15) is 23.5 Å². The first-order valence-corrected chi connectivity index (χ1v) is 7.62. The Kier molecular flexibility index (Phi) is 2.22. The van der Waals surface area contributed by atoms with E-state index in [0.29, 0.717) is 6.42 Å². The van der Waals surface area contributed by atoms with Crippen LogP contribution in [0.2, 0.25) is 0 Å². The van der Waals surface area contributed by atoms with E-state index in [4.69, 9.17) is 4.74 Å². The van der Waals surface area contributed by atoms with Gasteiger partial charge in [-0.15, -0.1) is 0 Å². The lowest BCUT2D eigenvalue weighted by atomic mass is 9.98. The molecule has 0 unspecified atom stereocenters.